The molecule has 0 fully saturated rings. The van der Waals surface area contributed by atoms with E-state index in [-0.39, 0.29) is 0 Å². The van der Waals surface area contributed by atoms with Crippen LogP contribution >= 0.6 is 0 Å². The number of hydrogen-bond acceptors (Lipinski definition) is 2. The van der Waals surface area contributed by atoms with Gasteiger partial charge in [0, 0.05) is 11.1 Å². The Kier molecular flexibility index (Phi) is 3.63. The van der Waals surface area contributed by atoms with Crippen molar-refractivity contribution in [3.8, 4) is 0 Å². The van der Waals surface area contributed by atoms with Crippen molar-refractivity contribution in [1.29, 1.82) is 0 Å². The second kappa shape index (κ2) is 3.63. The summed E-state index contributed by atoms with van der Waals surface area (Å²) >= 11 is 0. The van der Waals surface area contributed by atoms with Gasteiger partial charge in [-0.05, 0) is 41.5 Å². The van der Waals surface area contributed by atoms with E-state index in [1.165, 1.54) is 0 Å². The summed E-state index contributed by atoms with van der Waals surface area (Å²) in [6.45, 7) is 10.4. The third kappa shape index (κ3) is 8.33. The van der Waals surface area contributed by atoms with Crippen molar-refractivity contribution in [2.24, 2.45) is 0 Å². The van der Waals surface area contributed by atoms with Crippen molar-refractivity contribution in [3.05, 3.63) is 0 Å². The van der Waals surface area contributed by atoms with Crippen LogP contribution < -0.4 is 9.96 Å². The minimum absolute atomic E-state index is 0.548. The van der Waals surface area contributed by atoms with Gasteiger partial charge < -0.3 is 0 Å². The smallest absolute Gasteiger partial charge is 0.269 e. The van der Waals surface area contributed by atoms with Crippen molar-refractivity contribution in [2.45, 2.75) is 52.6 Å². The monoisotopic (exact) mass is 210 g/mol. The third-order valence-electron chi connectivity index (χ3n) is 1.06. The lowest BCUT2D eigenvalue weighted by molar-refractivity contribution is 0.375. The van der Waals surface area contributed by atoms with Crippen molar-refractivity contribution in [1.82, 2.24) is 9.96 Å². The van der Waals surface area contributed by atoms with Crippen LogP contribution in [0.4, 0.5) is 8.22 Å². The van der Waals surface area contributed by atoms with Crippen LogP contribution in [0.25, 0.3) is 0 Å². The predicted octanol–water partition coefficient (Wildman–Crippen LogP) is 2.14. The van der Waals surface area contributed by atoms with Crippen LogP contribution in [0.2, 0.25) is 0 Å². The Balaban J connectivity index is 4.25. The van der Waals surface area contributed by atoms with Gasteiger partial charge in [0.2, 0.25) is 0 Å². The summed E-state index contributed by atoms with van der Waals surface area (Å²) in [4.78, 5) is 4.69. The molecule has 0 aliphatic carbocycles. The number of halogens is 2. The van der Waals surface area contributed by atoms with Gasteiger partial charge in [0.15, 0.2) is 0 Å². The van der Waals surface area contributed by atoms with Crippen LogP contribution in [0.5, 0.6) is 0 Å². The van der Waals surface area contributed by atoms with Crippen LogP contribution in [0, 0.1) is 0 Å². The molecule has 0 saturated heterocycles. The summed E-state index contributed by atoms with van der Waals surface area (Å²) in [5.74, 6) is 0. The average Bonchev–Trinajstić information content (AvgIpc) is 1.43. The zero-order valence-electron chi connectivity index (χ0n) is 9.26. The normalized spacial score (nSPS) is 14.8. The molecule has 0 aromatic heterocycles. The zero-order chi connectivity index (χ0) is 10.9. The van der Waals surface area contributed by atoms with E-state index in [2.05, 4.69) is 9.96 Å². The third-order valence-corrected chi connectivity index (χ3v) is 3.19. The topological polar surface area (TPSA) is 24.1 Å². The molecular formula is C8H20F2N2Si. The molecule has 0 bridgehead atoms. The summed E-state index contributed by atoms with van der Waals surface area (Å²) in [5.41, 5.74) is -1.10. The van der Waals surface area contributed by atoms with E-state index in [1.807, 2.05) is 0 Å². The van der Waals surface area contributed by atoms with Crippen molar-refractivity contribution < 1.29 is 8.22 Å². The molecule has 13 heavy (non-hydrogen) atoms. The van der Waals surface area contributed by atoms with E-state index in [9.17, 15) is 8.22 Å². The van der Waals surface area contributed by atoms with E-state index < -0.39 is 20.1 Å². The summed E-state index contributed by atoms with van der Waals surface area (Å²) in [7, 11) is -4.47. The quantitative estimate of drug-likeness (QED) is 0.539. The lowest BCUT2D eigenvalue weighted by atomic mass is 10.1. The van der Waals surface area contributed by atoms with Gasteiger partial charge in [-0.1, -0.05) is 0 Å². The van der Waals surface area contributed by atoms with Crippen LogP contribution in [0.3, 0.4) is 0 Å². The van der Waals surface area contributed by atoms with E-state index >= 15 is 0 Å². The molecule has 0 aromatic rings. The molecular weight excluding hydrogens is 190 g/mol. The highest BCUT2D eigenvalue weighted by Crippen LogP contribution is 2.11. The molecule has 0 unspecified atom stereocenters. The fourth-order valence-corrected chi connectivity index (χ4v) is 2.92. The Morgan fingerprint density at radius 3 is 1.15 bits per heavy atom. The number of hydrogen-bond donors (Lipinski definition) is 2. The highest BCUT2D eigenvalue weighted by molar-refractivity contribution is 6.61. The maximum absolute atomic E-state index is 13.3. The Morgan fingerprint density at radius 2 is 1.00 bits per heavy atom. The maximum atomic E-state index is 13.3. The molecule has 0 heterocycles. The lowest BCUT2D eigenvalue weighted by Crippen LogP contribution is -2.66. The standard InChI is InChI=1S/C8H20F2N2Si/c1-7(2,3)11-13(9,10)12-8(4,5)6/h11-12H,1-6H3. The zero-order valence-corrected chi connectivity index (χ0v) is 10.3. The van der Waals surface area contributed by atoms with E-state index in [0.29, 0.717) is 0 Å². The van der Waals surface area contributed by atoms with Gasteiger partial charge in [0.05, 0.1) is 0 Å². The summed E-state index contributed by atoms with van der Waals surface area (Å²) in [6, 6.07) is 0. The SMILES string of the molecule is CC(C)(C)N[Si](F)(F)NC(C)(C)C. The molecule has 2 nitrogen and oxygen atoms in total. The second-order valence-electron chi connectivity index (χ2n) is 5.32. The molecule has 2 N–H and O–H groups in total. The first kappa shape index (κ1) is 13.0. The second-order valence-corrected chi connectivity index (χ2v) is 6.97. The Morgan fingerprint density at radius 1 is 0.769 bits per heavy atom. The van der Waals surface area contributed by atoms with E-state index in [4.69, 9.17) is 0 Å². The summed E-state index contributed by atoms with van der Waals surface area (Å²) in [5, 5.41) is 0. The van der Waals surface area contributed by atoms with E-state index in [0.717, 1.165) is 0 Å². The predicted molar refractivity (Wildman–Crippen MR) is 53.7 cm³/mol. The van der Waals surface area contributed by atoms with Crippen molar-refractivity contribution in [2.75, 3.05) is 0 Å². The molecule has 0 rings (SSSR count). The molecule has 0 spiro atoms. The average molecular weight is 210 g/mol. The molecule has 0 amide bonds. The molecule has 0 atom stereocenters. The van der Waals surface area contributed by atoms with Crippen molar-refractivity contribution in [3.63, 3.8) is 0 Å². The highest BCUT2D eigenvalue weighted by Gasteiger charge is 2.43. The largest absolute Gasteiger partial charge is 0.594 e. The first-order valence-corrected chi connectivity index (χ1v) is 6.13. The van der Waals surface area contributed by atoms with Gasteiger partial charge in [-0.3, -0.25) is 9.96 Å². The van der Waals surface area contributed by atoms with E-state index in [1.54, 1.807) is 41.5 Å². The summed E-state index contributed by atoms with van der Waals surface area (Å²) < 4.78 is 26.7. The fourth-order valence-electron chi connectivity index (χ4n) is 0.973. The first-order valence-electron chi connectivity index (χ1n) is 4.38. The molecule has 0 radical (unpaired) electrons. The number of nitrogens with one attached hydrogen (secondary N) is 2. The molecule has 0 aliphatic rings. The van der Waals surface area contributed by atoms with Gasteiger partial charge >= 0.3 is 9.06 Å². The number of rotatable bonds is 2. The lowest BCUT2D eigenvalue weighted by Gasteiger charge is -2.31. The van der Waals surface area contributed by atoms with Crippen molar-refractivity contribution >= 4 is 9.06 Å². The Bertz CT molecular complexity index is 152. The molecule has 0 aliphatic heterocycles. The van der Waals surface area contributed by atoms with Gasteiger partial charge in [0.1, 0.15) is 0 Å². The molecule has 0 saturated carbocycles. The van der Waals surface area contributed by atoms with Gasteiger partial charge in [-0.2, -0.15) is 0 Å². The van der Waals surface area contributed by atoms with Crippen LogP contribution in [0.15, 0.2) is 0 Å². The molecule has 0 aromatic carbocycles. The van der Waals surface area contributed by atoms with Crippen LogP contribution in [-0.2, 0) is 0 Å². The maximum Gasteiger partial charge on any atom is 0.594 e. The van der Waals surface area contributed by atoms with Gasteiger partial charge in [-0.15, -0.1) is 0 Å². The van der Waals surface area contributed by atoms with Gasteiger partial charge in [0.25, 0.3) is 0 Å². The highest BCUT2D eigenvalue weighted by atomic mass is 28.4. The minimum atomic E-state index is -4.47. The van der Waals surface area contributed by atoms with Crippen LogP contribution in [-0.4, -0.2) is 20.1 Å². The fraction of sp³-hybridized carbons (Fsp3) is 1.00. The van der Waals surface area contributed by atoms with Crippen LogP contribution in [0.1, 0.15) is 41.5 Å². The Labute approximate surface area is 80.6 Å². The Hall–Kier alpha value is -0.00312. The molecule has 5 heteroatoms. The molecule has 80 valence electrons. The van der Waals surface area contributed by atoms with Gasteiger partial charge in [-0.25, -0.2) is 8.22 Å². The summed E-state index contributed by atoms with van der Waals surface area (Å²) in [6.07, 6.45) is 0. The first-order chi connectivity index (χ1) is 5.41. The minimum Gasteiger partial charge on any atom is -0.269 e.